The van der Waals surface area contributed by atoms with Crippen molar-refractivity contribution >= 4 is 23.4 Å². The second-order valence-electron chi connectivity index (χ2n) is 1.21. The third-order valence-corrected chi connectivity index (χ3v) is 1.56. The lowest BCUT2D eigenvalue weighted by Gasteiger charge is -1.98. The Morgan fingerprint density at radius 1 is 1.88 bits per heavy atom. The zero-order chi connectivity index (χ0) is 6.41. The molecule has 0 aromatic heterocycles. The van der Waals surface area contributed by atoms with Crippen molar-refractivity contribution in [1.82, 2.24) is 0 Å². The number of nitriles is 1. The topological polar surface area (TPSA) is 44.0 Å². The average Bonchev–Trinajstić information content (AvgIpc) is 1.83. The van der Waals surface area contributed by atoms with Crippen LogP contribution in [0.2, 0.25) is 0 Å². The number of thioether (sulfide) groups is 1. The van der Waals surface area contributed by atoms with Gasteiger partial charge in [0.1, 0.15) is 5.40 Å². The van der Waals surface area contributed by atoms with Crippen LogP contribution >= 0.6 is 23.4 Å². The van der Waals surface area contributed by atoms with Gasteiger partial charge in [-0.25, -0.2) is 0 Å². The zero-order valence-electron chi connectivity index (χ0n) is 4.17. The quantitative estimate of drug-likeness (QED) is 0.480. The van der Waals surface area contributed by atoms with Gasteiger partial charge in [-0.05, 0) is 11.8 Å². The van der Waals surface area contributed by atoms with Crippen molar-refractivity contribution in [3.05, 3.63) is 0 Å². The summed E-state index contributed by atoms with van der Waals surface area (Å²) in [7, 11) is 0. The molecule has 0 fully saturated rings. The van der Waals surface area contributed by atoms with Crippen LogP contribution in [0, 0.1) is 10.7 Å². The van der Waals surface area contributed by atoms with E-state index in [1.807, 2.05) is 5.40 Å². The standard InChI is InChI=1S/C4H6ClNOS/c5-1-4(7)2-8-3-6/h4,7H,1-2H2. The molecule has 4 heteroatoms. The van der Waals surface area contributed by atoms with E-state index in [2.05, 4.69) is 0 Å². The van der Waals surface area contributed by atoms with Crippen LogP contribution in [0.5, 0.6) is 0 Å². The summed E-state index contributed by atoms with van der Waals surface area (Å²) < 4.78 is 0. The molecule has 46 valence electrons. The normalized spacial score (nSPS) is 12.6. The fourth-order valence-corrected chi connectivity index (χ4v) is 0.801. The molecule has 0 aliphatic carbocycles. The van der Waals surface area contributed by atoms with Gasteiger partial charge in [-0.3, -0.25) is 0 Å². The van der Waals surface area contributed by atoms with Gasteiger partial charge in [0.15, 0.2) is 0 Å². The van der Waals surface area contributed by atoms with Gasteiger partial charge < -0.3 is 5.11 Å². The number of alkyl halides is 1. The van der Waals surface area contributed by atoms with Crippen LogP contribution < -0.4 is 0 Å². The Balaban J connectivity index is 3.01. The maximum atomic E-state index is 8.69. The summed E-state index contributed by atoms with van der Waals surface area (Å²) in [5, 5.41) is 18.5. The van der Waals surface area contributed by atoms with Crippen LogP contribution in [0.15, 0.2) is 0 Å². The molecule has 0 radical (unpaired) electrons. The van der Waals surface area contributed by atoms with Gasteiger partial charge in [-0.1, -0.05) is 0 Å². The van der Waals surface area contributed by atoms with E-state index in [1.54, 1.807) is 0 Å². The number of hydrogen-bond donors (Lipinski definition) is 1. The number of aliphatic hydroxyl groups excluding tert-OH is 1. The third-order valence-electron chi connectivity index (χ3n) is 0.518. The minimum atomic E-state index is -0.540. The molecular formula is C4H6ClNOS. The third kappa shape index (κ3) is 4.25. The fourth-order valence-electron chi connectivity index (χ4n) is 0.178. The van der Waals surface area contributed by atoms with E-state index in [-0.39, 0.29) is 5.88 Å². The first-order chi connectivity index (χ1) is 3.81. The molecule has 0 heterocycles. The molecular weight excluding hydrogens is 146 g/mol. The molecule has 0 saturated heterocycles. The highest BCUT2D eigenvalue weighted by Gasteiger charge is 1.99. The maximum absolute atomic E-state index is 8.69. The van der Waals surface area contributed by atoms with Crippen molar-refractivity contribution in [1.29, 1.82) is 5.26 Å². The smallest absolute Gasteiger partial charge is 0.133 e. The van der Waals surface area contributed by atoms with E-state index in [0.717, 1.165) is 11.8 Å². The van der Waals surface area contributed by atoms with Gasteiger partial charge in [0.05, 0.1) is 6.10 Å². The van der Waals surface area contributed by atoms with Gasteiger partial charge in [0.25, 0.3) is 0 Å². The SMILES string of the molecule is N#CSCC(O)CCl. The lowest BCUT2D eigenvalue weighted by atomic mass is 10.5. The Labute approximate surface area is 57.4 Å². The van der Waals surface area contributed by atoms with Gasteiger partial charge in [-0.15, -0.1) is 11.6 Å². The van der Waals surface area contributed by atoms with Crippen LogP contribution in [0.4, 0.5) is 0 Å². The molecule has 0 aliphatic rings. The number of nitrogens with zero attached hydrogens (tertiary/aromatic N) is 1. The number of hydrogen-bond acceptors (Lipinski definition) is 3. The molecule has 0 amide bonds. The molecule has 0 rings (SSSR count). The average molecular weight is 152 g/mol. The predicted octanol–water partition coefficient (Wildman–Crippen LogP) is 0.800. The van der Waals surface area contributed by atoms with Crippen molar-refractivity contribution < 1.29 is 5.11 Å². The summed E-state index contributed by atoms with van der Waals surface area (Å²) in [6, 6.07) is 0. The van der Waals surface area contributed by atoms with E-state index in [9.17, 15) is 0 Å². The minimum Gasteiger partial charge on any atom is -0.391 e. The Bertz CT molecular complexity index is 92.5. The van der Waals surface area contributed by atoms with Crippen molar-refractivity contribution in [2.45, 2.75) is 6.10 Å². The Morgan fingerprint density at radius 2 is 2.50 bits per heavy atom. The summed E-state index contributed by atoms with van der Waals surface area (Å²) in [6.07, 6.45) is -0.540. The summed E-state index contributed by atoms with van der Waals surface area (Å²) >= 11 is 6.23. The number of halogens is 1. The van der Waals surface area contributed by atoms with Gasteiger partial charge in [-0.2, -0.15) is 5.26 Å². The van der Waals surface area contributed by atoms with Crippen LogP contribution in [-0.4, -0.2) is 22.8 Å². The number of thiocyanates is 1. The van der Waals surface area contributed by atoms with Gasteiger partial charge in [0.2, 0.25) is 0 Å². The fraction of sp³-hybridized carbons (Fsp3) is 0.750. The summed E-state index contributed by atoms with van der Waals surface area (Å²) in [5.74, 6) is 0.606. The summed E-state index contributed by atoms with van der Waals surface area (Å²) in [5.41, 5.74) is 0. The first-order valence-corrected chi connectivity index (χ1v) is 3.58. The largest absolute Gasteiger partial charge is 0.391 e. The van der Waals surface area contributed by atoms with E-state index < -0.39 is 6.10 Å². The number of aliphatic hydroxyl groups is 1. The second-order valence-corrected chi connectivity index (χ2v) is 2.32. The Morgan fingerprint density at radius 3 is 2.88 bits per heavy atom. The summed E-state index contributed by atoms with van der Waals surface area (Å²) in [6.45, 7) is 0. The molecule has 0 spiro atoms. The van der Waals surface area contributed by atoms with E-state index >= 15 is 0 Å². The van der Waals surface area contributed by atoms with E-state index in [1.165, 1.54) is 0 Å². The van der Waals surface area contributed by atoms with E-state index in [0.29, 0.717) is 5.75 Å². The molecule has 1 N–H and O–H groups in total. The lowest BCUT2D eigenvalue weighted by molar-refractivity contribution is 0.224. The molecule has 2 nitrogen and oxygen atoms in total. The van der Waals surface area contributed by atoms with Crippen LogP contribution in [0.3, 0.4) is 0 Å². The van der Waals surface area contributed by atoms with Crippen molar-refractivity contribution in [3.8, 4) is 5.40 Å². The molecule has 0 aromatic rings. The monoisotopic (exact) mass is 151 g/mol. The summed E-state index contributed by atoms with van der Waals surface area (Å²) in [4.78, 5) is 0. The maximum Gasteiger partial charge on any atom is 0.133 e. The minimum absolute atomic E-state index is 0.203. The van der Waals surface area contributed by atoms with Crippen molar-refractivity contribution in [2.75, 3.05) is 11.6 Å². The molecule has 0 bridgehead atoms. The molecule has 1 unspecified atom stereocenters. The highest BCUT2D eigenvalue weighted by atomic mass is 35.5. The van der Waals surface area contributed by atoms with Crippen molar-refractivity contribution in [3.63, 3.8) is 0 Å². The van der Waals surface area contributed by atoms with Crippen molar-refractivity contribution in [2.24, 2.45) is 0 Å². The highest BCUT2D eigenvalue weighted by molar-refractivity contribution is 8.03. The predicted molar refractivity (Wildman–Crippen MR) is 34.8 cm³/mol. The Kier molecular flexibility index (Phi) is 5.29. The van der Waals surface area contributed by atoms with Gasteiger partial charge in [0, 0.05) is 11.6 Å². The van der Waals surface area contributed by atoms with Crippen LogP contribution in [0.25, 0.3) is 0 Å². The number of rotatable bonds is 3. The molecule has 8 heavy (non-hydrogen) atoms. The van der Waals surface area contributed by atoms with Crippen LogP contribution in [0.1, 0.15) is 0 Å². The molecule has 0 aliphatic heterocycles. The first kappa shape index (κ1) is 8.09. The first-order valence-electron chi connectivity index (χ1n) is 2.06. The van der Waals surface area contributed by atoms with Crippen LogP contribution in [-0.2, 0) is 0 Å². The zero-order valence-corrected chi connectivity index (χ0v) is 5.74. The van der Waals surface area contributed by atoms with E-state index in [4.69, 9.17) is 22.0 Å². The second kappa shape index (κ2) is 5.23. The van der Waals surface area contributed by atoms with Gasteiger partial charge >= 0.3 is 0 Å². The Hall–Kier alpha value is 0.0900. The molecule has 0 aromatic carbocycles. The lowest BCUT2D eigenvalue weighted by Crippen LogP contribution is -2.10. The highest BCUT2D eigenvalue weighted by Crippen LogP contribution is 2.00. The molecule has 1 atom stereocenters. The molecule has 0 saturated carbocycles.